The van der Waals surface area contributed by atoms with Crippen molar-refractivity contribution in [3.8, 4) is 5.75 Å². The molecule has 3 aromatic rings. The number of rotatable bonds is 5. The molecular weight excluding hydrogens is 347 g/mol. The van der Waals surface area contributed by atoms with Crippen molar-refractivity contribution in [2.45, 2.75) is 26.9 Å². The summed E-state index contributed by atoms with van der Waals surface area (Å²) < 4.78 is 45.5. The highest BCUT2D eigenvalue weighted by Gasteiger charge is 2.38. The van der Waals surface area contributed by atoms with Gasteiger partial charge in [-0.25, -0.2) is 0 Å². The topological polar surface area (TPSA) is 64.3 Å². The van der Waals surface area contributed by atoms with Gasteiger partial charge in [0, 0.05) is 5.56 Å². The van der Waals surface area contributed by atoms with Crippen molar-refractivity contribution in [2.24, 2.45) is 0 Å². The van der Waals surface area contributed by atoms with Crippen LogP contribution in [0.4, 0.5) is 19.0 Å². The summed E-state index contributed by atoms with van der Waals surface area (Å²) in [6.07, 6.45) is -4.63. The van der Waals surface area contributed by atoms with Crippen LogP contribution in [0.15, 0.2) is 24.3 Å². The smallest absolute Gasteiger partial charge is 0.453 e. The third kappa shape index (κ3) is 3.56. The van der Waals surface area contributed by atoms with E-state index in [-0.39, 0.29) is 5.65 Å². The zero-order chi connectivity index (χ0) is 18.9. The number of aromatic nitrogens is 4. The van der Waals surface area contributed by atoms with E-state index < -0.39 is 12.0 Å². The third-order valence-electron chi connectivity index (χ3n) is 4.00. The second-order valence-electron chi connectivity index (χ2n) is 5.95. The normalized spacial score (nSPS) is 11.8. The number of nitrogens with zero attached hydrogens (tertiary/aromatic N) is 4. The lowest BCUT2D eigenvalue weighted by molar-refractivity contribution is -0.146. The predicted octanol–water partition coefficient (Wildman–Crippen LogP) is 3.56. The van der Waals surface area contributed by atoms with Crippen molar-refractivity contribution < 1.29 is 17.9 Å². The fourth-order valence-corrected chi connectivity index (χ4v) is 2.52. The van der Waals surface area contributed by atoms with Crippen LogP contribution in [-0.4, -0.2) is 33.0 Å². The summed E-state index contributed by atoms with van der Waals surface area (Å²) in [4.78, 5) is 0. The molecule has 1 N–H and O–H groups in total. The number of anilines is 1. The number of benzene rings is 1. The van der Waals surface area contributed by atoms with Gasteiger partial charge in [0.15, 0.2) is 11.5 Å². The molecule has 0 fully saturated rings. The largest absolute Gasteiger partial charge is 0.492 e. The minimum absolute atomic E-state index is 0.0939. The van der Waals surface area contributed by atoms with Gasteiger partial charge in [0.1, 0.15) is 12.4 Å². The maximum absolute atomic E-state index is 13.0. The molecule has 0 unspecified atom stereocenters. The van der Waals surface area contributed by atoms with Gasteiger partial charge in [-0.3, -0.25) is 0 Å². The molecule has 0 amide bonds. The van der Waals surface area contributed by atoms with E-state index in [0.29, 0.717) is 30.1 Å². The summed E-state index contributed by atoms with van der Waals surface area (Å²) in [6.45, 7) is 6.16. The van der Waals surface area contributed by atoms with E-state index in [1.807, 2.05) is 31.2 Å². The zero-order valence-corrected chi connectivity index (χ0v) is 14.6. The number of alkyl halides is 3. The summed E-state index contributed by atoms with van der Waals surface area (Å²) >= 11 is 0. The van der Waals surface area contributed by atoms with Crippen molar-refractivity contribution >= 4 is 11.5 Å². The monoisotopic (exact) mass is 365 g/mol. The van der Waals surface area contributed by atoms with Crippen LogP contribution in [-0.2, 0) is 6.18 Å². The fraction of sp³-hybridized carbons (Fsp3) is 0.353. The lowest BCUT2D eigenvalue weighted by Gasteiger charge is -2.13. The molecule has 1 aromatic carbocycles. The van der Waals surface area contributed by atoms with Crippen LogP contribution in [0.25, 0.3) is 5.65 Å². The molecule has 6 nitrogen and oxygen atoms in total. The molecule has 0 saturated carbocycles. The quantitative estimate of drug-likeness (QED) is 0.701. The highest BCUT2D eigenvalue weighted by molar-refractivity contribution is 5.58. The molecule has 2 heterocycles. The molecule has 9 heteroatoms. The Balaban J connectivity index is 1.76. The number of aryl methyl sites for hydroxylation is 2. The number of halogens is 3. The Morgan fingerprint density at radius 1 is 1.12 bits per heavy atom. The number of fused-ring (bicyclic) bond motifs is 1. The molecular formula is C17H18F3N5O. The maximum atomic E-state index is 13.0. The molecule has 0 atom stereocenters. The summed E-state index contributed by atoms with van der Waals surface area (Å²) in [7, 11) is 0. The van der Waals surface area contributed by atoms with Crippen LogP contribution in [0.3, 0.4) is 0 Å². The molecule has 2 aromatic heterocycles. The molecule has 0 aliphatic rings. The van der Waals surface area contributed by atoms with Crippen LogP contribution >= 0.6 is 0 Å². The van der Waals surface area contributed by atoms with Gasteiger partial charge < -0.3 is 10.1 Å². The van der Waals surface area contributed by atoms with Gasteiger partial charge in [-0.1, -0.05) is 12.1 Å². The molecule has 0 saturated heterocycles. The first-order valence-corrected chi connectivity index (χ1v) is 8.00. The van der Waals surface area contributed by atoms with E-state index in [0.717, 1.165) is 15.8 Å². The molecule has 0 spiro atoms. The Labute approximate surface area is 148 Å². The number of nitrogens with one attached hydrogen (secondary N) is 1. The van der Waals surface area contributed by atoms with Crippen molar-refractivity contribution in [2.75, 3.05) is 18.5 Å². The minimum Gasteiger partial charge on any atom is -0.492 e. The lowest BCUT2D eigenvalue weighted by atomic mass is 10.2. The second-order valence-corrected chi connectivity index (χ2v) is 5.95. The van der Waals surface area contributed by atoms with Crippen LogP contribution in [0, 0.1) is 20.8 Å². The number of hydrogen-bond acceptors (Lipinski definition) is 5. The van der Waals surface area contributed by atoms with Gasteiger partial charge >= 0.3 is 6.18 Å². The first-order valence-electron chi connectivity index (χ1n) is 8.00. The summed E-state index contributed by atoms with van der Waals surface area (Å²) in [6, 6.07) is 7.62. The third-order valence-corrected chi connectivity index (χ3v) is 4.00. The van der Waals surface area contributed by atoms with Gasteiger partial charge in [0.25, 0.3) is 5.82 Å². The molecule has 0 bridgehead atoms. The summed E-state index contributed by atoms with van der Waals surface area (Å²) in [5.41, 5.74) is 2.48. The van der Waals surface area contributed by atoms with E-state index in [2.05, 4.69) is 20.6 Å². The van der Waals surface area contributed by atoms with Crippen LogP contribution in [0.5, 0.6) is 5.75 Å². The van der Waals surface area contributed by atoms with Crippen molar-refractivity contribution in [3.05, 3.63) is 46.8 Å². The van der Waals surface area contributed by atoms with Crippen molar-refractivity contribution in [1.82, 2.24) is 19.8 Å². The maximum Gasteiger partial charge on any atom is 0.453 e. The van der Waals surface area contributed by atoms with Gasteiger partial charge in [-0.05, 0) is 44.0 Å². The second kappa shape index (κ2) is 6.81. The fourth-order valence-electron chi connectivity index (χ4n) is 2.52. The number of hydrogen-bond donors (Lipinski definition) is 1. The Morgan fingerprint density at radius 2 is 1.88 bits per heavy atom. The Kier molecular flexibility index (Phi) is 4.71. The summed E-state index contributed by atoms with van der Waals surface area (Å²) in [5.74, 6) is -0.0657. The van der Waals surface area contributed by atoms with E-state index in [1.54, 1.807) is 13.8 Å². The average molecular weight is 365 g/mol. The Bertz CT molecular complexity index is 936. The highest BCUT2D eigenvalue weighted by atomic mass is 19.4. The lowest BCUT2D eigenvalue weighted by Crippen LogP contribution is -2.17. The molecule has 0 radical (unpaired) electrons. The van der Waals surface area contributed by atoms with E-state index in [4.69, 9.17) is 4.74 Å². The minimum atomic E-state index is -4.63. The van der Waals surface area contributed by atoms with E-state index in [9.17, 15) is 13.2 Å². The van der Waals surface area contributed by atoms with Crippen LogP contribution in [0.2, 0.25) is 0 Å². The van der Waals surface area contributed by atoms with E-state index >= 15 is 0 Å². The van der Waals surface area contributed by atoms with Crippen LogP contribution < -0.4 is 10.1 Å². The van der Waals surface area contributed by atoms with Gasteiger partial charge in [-0.2, -0.15) is 17.7 Å². The van der Waals surface area contributed by atoms with Crippen molar-refractivity contribution in [1.29, 1.82) is 0 Å². The van der Waals surface area contributed by atoms with Gasteiger partial charge in [-0.15, -0.1) is 15.3 Å². The average Bonchev–Trinajstić information content (AvgIpc) is 3.00. The Morgan fingerprint density at radius 3 is 2.58 bits per heavy atom. The first-order chi connectivity index (χ1) is 12.3. The van der Waals surface area contributed by atoms with Gasteiger partial charge in [0.05, 0.1) is 6.54 Å². The number of ether oxygens (including phenoxy) is 1. The molecule has 3 rings (SSSR count). The van der Waals surface area contributed by atoms with Crippen LogP contribution in [0.1, 0.15) is 22.5 Å². The standard InChI is InChI=1S/C17H18F3N5O/c1-10-5-4-6-13(9-10)26-8-7-21-14-11(2)12(3)15-22-23-16(17(18,19)20)25(15)24-14/h4-6,9H,7-8H2,1-3H3,(H,21,24). The molecule has 0 aliphatic carbocycles. The summed E-state index contributed by atoms with van der Waals surface area (Å²) in [5, 5.41) is 13.9. The Hall–Kier alpha value is -2.84. The molecule has 0 aliphatic heterocycles. The van der Waals surface area contributed by atoms with Crippen molar-refractivity contribution in [3.63, 3.8) is 0 Å². The van der Waals surface area contributed by atoms with E-state index in [1.165, 1.54) is 0 Å². The molecule has 138 valence electrons. The SMILES string of the molecule is Cc1cccc(OCCNc2nn3c(C(F)(F)F)nnc3c(C)c2C)c1. The first kappa shape index (κ1) is 18.0. The predicted molar refractivity (Wildman–Crippen MR) is 90.4 cm³/mol. The highest BCUT2D eigenvalue weighted by Crippen LogP contribution is 2.29. The molecule has 26 heavy (non-hydrogen) atoms. The zero-order valence-electron chi connectivity index (χ0n) is 14.6. The van der Waals surface area contributed by atoms with Gasteiger partial charge in [0.2, 0.25) is 0 Å².